The predicted molar refractivity (Wildman–Crippen MR) is 60.8 cm³/mol. The minimum atomic E-state index is 0.145. The van der Waals surface area contributed by atoms with Crippen LogP contribution in [0.15, 0.2) is 0 Å². The molecule has 1 aliphatic heterocycles. The Morgan fingerprint density at radius 2 is 2.40 bits per heavy atom. The molecule has 3 heteroatoms. The third kappa shape index (κ3) is 2.58. The van der Waals surface area contributed by atoms with Crippen LogP contribution in [-0.4, -0.2) is 31.0 Å². The summed E-state index contributed by atoms with van der Waals surface area (Å²) < 4.78 is 0. The molecular weight excluding hydrogens is 188 g/mol. The van der Waals surface area contributed by atoms with Crippen LogP contribution in [0, 0.1) is 5.92 Å². The van der Waals surface area contributed by atoms with Crippen LogP contribution in [0.3, 0.4) is 0 Å². The molecule has 1 saturated heterocycles. The molecule has 3 nitrogen and oxygen atoms in total. The second-order valence-electron chi connectivity index (χ2n) is 4.88. The van der Waals surface area contributed by atoms with E-state index in [1.807, 2.05) is 0 Å². The lowest BCUT2D eigenvalue weighted by Crippen LogP contribution is -2.53. The maximum Gasteiger partial charge on any atom is 0.151 e. The molecule has 0 aromatic rings. The van der Waals surface area contributed by atoms with Gasteiger partial charge in [-0.05, 0) is 44.7 Å². The molecule has 1 saturated carbocycles. The Labute approximate surface area is 92.0 Å². The van der Waals surface area contributed by atoms with Gasteiger partial charge in [0.05, 0.1) is 6.04 Å². The van der Waals surface area contributed by atoms with E-state index in [9.17, 15) is 4.79 Å². The number of hydrogen-bond donors (Lipinski definition) is 2. The number of carbonyl (C=O) groups excluding carboxylic acids is 1. The average molecular weight is 210 g/mol. The van der Waals surface area contributed by atoms with Gasteiger partial charge in [0.25, 0.3) is 0 Å². The van der Waals surface area contributed by atoms with Gasteiger partial charge in [0.1, 0.15) is 0 Å². The van der Waals surface area contributed by atoms with Crippen molar-refractivity contribution in [2.75, 3.05) is 13.1 Å². The van der Waals surface area contributed by atoms with Crippen LogP contribution in [-0.2, 0) is 4.79 Å². The molecule has 0 radical (unpaired) electrons. The van der Waals surface area contributed by atoms with Crippen LogP contribution in [0.5, 0.6) is 0 Å². The predicted octanol–water partition coefficient (Wildman–Crippen LogP) is 1.09. The van der Waals surface area contributed by atoms with Crippen molar-refractivity contribution in [3.63, 3.8) is 0 Å². The number of ketones is 1. The first-order valence-electron chi connectivity index (χ1n) is 6.30. The molecular formula is C12H22N2O. The molecule has 15 heavy (non-hydrogen) atoms. The summed E-state index contributed by atoms with van der Waals surface area (Å²) in [4.78, 5) is 11.9. The van der Waals surface area contributed by atoms with Gasteiger partial charge in [0.2, 0.25) is 0 Å². The van der Waals surface area contributed by atoms with Crippen LogP contribution in [0.25, 0.3) is 0 Å². The third-order valence-corrected chi connectivity index (χ3v) is 3.72. The molecule has 0 amide bonds. The topological polar surface area (TPSA) is 41.1 Å². The fraction of sp³-hybridized carbons (Fsp3) is 0.917. The van der Waals surface area contributed by atoms with E-state index < -0.39 is 0 Å². The number of Topliss-reactive ketones (excluding diaryl/α,β-unsaturated/α-hetero) is 1. The lowest BCUT2D eigenvalue weighted by atomic mass is 9.76. The van der Waals surface area contributed by atoms with Gasteiger partial charge in [-0.15, -0.1) is 0 Å². The van der Waals surface area contributed by atoms with E-state index in [1.54, 1.807) is 0 Å². The number of carbonyl (C=O) groups is 1. The minimum Gasteiger partial charge on any atom is -0.313 e. The van der Waals surface area contributed by atoms with Gasteiger partial charge in [-0.2, -0.15) is 0 Å². The zero-order chi connectivity index (χ0) is 10.7. The quantitative estimate of drug-likeness (QED) is 0.732. The van der Waals surface area contributed by atoms with E-state index in [0.29, 0.717) is 11.8 Å². The SMILES string of the molecule is CCCNC1C[C@@H]2CCCN[C@H]2CC1=O. The van der Waals surface area contributed by atoms with Crippen molar-refractivity contribution in [2.45, 2.75) is 51.1 Å². The van der Waals surface area contributed by atoms with Crippen molar-refractivity contribution in [2.24, 2.45) is 5.92 Å². The van der Waals surface area contributed by atoms with Crippen molar-refractivity contribution in [1.29, 1.82) is 0 Å². The molecule has 2 N–H and O–H groups in total. The molecule has 0 aromatic heterocycles. The number of rotatable bonds is 3. The van der Waals surface area contributed by atoms with Gasteiger partial charge < -0.3 is 10.6 Å². The Balaban J connectivity index is 1.89. The van der Waals surface area contributed by atoms with Gasteiger partial charge in [-0.25, -0.2) is 0 Å². The Bertz CT molecular complexity index is 230. The Hall–Kier alpha value is -0.410. The molecule has 2 rings (SSSR count). The maximum atomic E-state index is 11.9. The van der Waals surface area contributed by atoms with Crippen molar-refractivity contribution < 1.29 is 4.79 Å². The van der Waals surface area contributed by atoms with Gasteiger partial charge >= 0.3 is 0 Å². The Morgan fingerprint density at radius 3 is 3.20 bits per heavy atom. The summed E-state index contributed by atoms with van der Waals surface area (Å²) in [6, 6.07) is 0.622. The largest absolute Gasteiger partial charge is 0.313 e. The summed E-state index contributed by atoms with van der Waals surface area (Å²) >= 11 is 0. The first-order valence-corrected chi connectivity index (χ1v) is 6.30. The average Bonchev–Trinajstić information content (AvgIpc) is 2.26. The van der Waals surface area contributed by atoms with Gasteiger partial charge in [-0.1, -0.05) is 6.92 Å². The fourth-order valence-corrected chi connectivity index (χ4v) is 2.85. The Morgan fingerprint density at radius 1 is 1.53 bits per heavy atom. The third-order valence-electron chi connectivity index (χ3n) is 3.72. The zero-order valence-electron chi connectivity index (χ0n) is 9.59. The molecule has 0 spiro atoms. The Kier molecular flexibility index (Phi) is 3.76. The zero-order valence-corrected chi connectivity index (χ0v) is 9.59. The van der Waals surface area contributed by atoms with E-state index in [0.717, 1.165) is 38.3 Å². The highest BCUT2D eigenvalue weighted by atomic mass is 16.1. The van der Waals surface area contributed by atoms with E-state index in [-0.39, 0.29) is 6.04 Å². The van der Waals surface area contributed by atoms with Crippen LogP contribution in [0.1, 0.15) is 39.0 Å². The van der Waals surface area contributed by atoms with Gasteiger partial charge in [-0.3, -0.25) is 4.79 Å². The second kappa shape index (κ2) is 5.08. The van der Waals surface area contributed by atoms with Gasteiger partial charge in [0, 0.05) is 12.5 Å². The summed E-state index contributed by atoms with van der Waals surface area (Å²) in [5.41, 5.74) is 0. The summed E-state index contributed by atoms with van der Waals surface area (Å²) in [5.74, 6) is 1.14. The lowest BCUT2D eigenvalue weighted by Gasteiger charge is -2.39. The lowest BCUT2D eigenvalue weighted by molar-refractivity contribution is -0.124. The van der Waals surface area contributed by atoms with E-state index >= 15 is 0 Å². The fourth-order valence-electron chi connectivity index (χ4n) is 2.85. The van der Waals surface area contributed by atoms with Crippen molar-refractivity contribution in [3.05, 3.63) is 0 Å². The number of piperidine rings is 1. The van der Waals surface area contributed by atoms with Crippen molar-refractivity contribution >= 4 is 5.78 Å². The molecule has 3 atom stereocenters. The first-order chi connectivity index (χ1) is 7.31. The van der Waals surface area contributed by atoms with Crippen LogP contribution in [0.2, 0.25) is 0 Å². The van der Waals surface area contributed by atoms with Crippen LogP contribution in [0.4, 0.5) is 0 Å². The monoisotopic (exact) mass is 210 g/mol. The molecule has 0 bridgehead atoms. The molecule has 0 aromatic carbocycles. The van der Waals surface area contributed by atoms with E-state index in [1.165, 1.54) is 12.8 Å². The molecule has 2 fully saturated rings. The molecule has 1 unspecified atom stereocenters. The second-order valence-corrected chi connectivity index (χ2v) is 4.88. The molecule has 2 aliphatic rings. The highest BCUT2D eigenvalue weighted by Gasteiger charge is 2.36. The summed E-state index contributed by atoms with van der Waals surface area (Å²) in [5, 5.41) is 6.86. The normalized spacial score (nSPS) is 36.3. The highest BCUT2D eigenvalue weighted by Crippen LogP contribution is 2.29. The molecule has 86 valence electrons. The highest BCUT2D eigenvalue weighted by molar-refractivity contribution is 5.85. The smallest absolute Gasteiger partial charge is 0.151 e. The van der Waals surface area contributed by atoms with E-state index in [2.05, 4.69) is 17.6 Å². The summed E-state index contributed by atoms with van der Waals surface area (Å²) in [6.45, 7) is 4.22. The minimum absolute atomic E-state index is 0.145. The standard InChI is InChI=1S/C12H22N2O/c1-2-5-13-11-7-9-4-3-6-14-10(9)8-12(11)15/h9-11,13-14H,2-8H2,1H3/t9-,10-,11?/m0/s1. The van der Waals surface area contributed by atoms with Crippen molar-refractivity contribution in [1.82, 2.24) is 10.6 Å². The number of fused-ring (bicyclic) bond motifs is 1. The molecule has 1 aliphatic carbocycles. The van der Waals surface area contributed by atoms with E-state index in [4.69, 9.17) is 0 Å². The number of nitrogens with one attached hydrogen (secondary N) is 2. The first kappa shape index (κ1) is 11.1. The van der Waals surface area contributed by atoms with Crippen LogP contribution >= 0.6 is 0 Å². The van der Waals surface area contributed by atoms with Gasteiger partial charge in [0.15, 0.2) is 5.78 Å². The maximum absolute atomic E-state index is 11.9. The molecule has 1 heterocycles. The number of hydrogen-bond acceptors (Lipinski definition) is 3. The summed E-state index contributed by atoms with van der Waals surface area (Å²) in [6.07, 6.45) is 5.48. The summed E-state index contributed by atoms with van der Waals surface area (Å²) in [7, 11) is 0. The van der Waals surface area contributed by atoms with Crippen molar-refractivity contribution in [3.8, 4) is 0 Å². The van der Waals surface area contributed by atoms with Crippen LogP contribution < -0.4 is 10.6 Å².